The van der Waals surface area contributed by atoms with Gasteiger partial charge in [-0.1, -0.05) is 33.1 Å². The summed E-state index contributed by atoms with van der Waals surface area (Å²) >= 11 is 0. The lowest BCUT2D eigenvalue weighted by Crippen LogP contribution is -2.46. The number of carbonyl (C=O) groups excluding carboxylic acids is 1. The Morgan fingerprint density at radius 1 is 1.26 bits per heavy atom. The largest absolute Gasteiger partial charge is 0.481 e. The van der Waals surface area contributed by atoms with Crippen molar-refractivity contribution in [3.8, 4) is 0 Å². The van der Waals surface area contributed by atoms with Gasteiger partial charge in [0.2, 0.25) is 0 Å². The molecule has 0 aliphatic heterocycles. The van der Waals surface area contributed by atoms with Crippen LogP contribution in [0.5, 0.6) is 0 Å². The van der Waals surface area contributed by atoms with Gasteiger partial charge in [0, 0.05) is 19.6 Å². The number of nitrogens with zero attached hydrogens (tertiary/aromatic N) is 1. The molecule has 1 aliphatic rings. The van der Waals surface area contributed by atoms with Crippen molar-refractivity contribution in [3.05, 3.63) is 0 Å². The van der Waals surface area contributed by atoms with Gasteiger partial charge < -0.3 is 15.3 Å². The summed E-state index contributed by atoms with van der Waals surface area (Å²) in [6.07, 6.45) is 5.70. The van der Waals surface area contributed by atoms with Crippen molar-refractivity contribution in [2.45, 2.75) is 52.0 Å². The number of rotatable bonds is 5. The first-order chi connectivity index (χ1) is 8.93. The van der Waals surface area contributed by atoms with E-state index in [0.29, 0.717) is 6.04 Å². The molecule has 1 unspecified atom stereocenters. The highest BCUT2D eigenvalue weighted by Gasteiger charge is 2.25. The zero-order chi connectivity index (χ0) is 14.4. The molecule has 2 N–H and O–H groups in total. The normalized spacial score (nSPS) is 18.1. The standard InChI is InChI=1S/C14H26N2O3/c1-10(2)12(13(17)18)9-15-14(19)16(3)11-7-5-4-6-8-11/h10-12H,4-9H2,1-3H3,(H,15,19)(H,17,18). The predicted octanol–water partition coefficient (Wildman–Crippen LogP) is 2.32. The monoisotopic (exact) mass is 270 g/mol. The first-order valence-electron chi connectivity index (χ1n) is 7.17. The summed E-state index contributed by atoms with van der Waals surface area (Å²) in [6, 6.07) is 0.148. The number of hydrogen-bond acceptors (Lipinski definition) is 2. The van der Waals surface area contributed by atoms with Gasteiger partial charge in [0.1, 0.15) is 0 Å². The van der Waals surface area contributed by atoms with Crippen molar-refractivity contribution in [2.24, 2.45) is 11.8 Å². The fraction of sp³-hybridized carbons (Fsp3) is 0.857. The third-order valence-electron chi connectivity index (χ3n) is 4.04. The number of hydrogen-bond donors (Lipinski definition) is 2. The van der Waals surface area contributed by atoms with Crippen LogP contribution < -0.4 is 5.32 Å². The Balaban J connectivity index is 2.42. The Labute approximate surface area is 115 Å². The number of aliphatic carboxylic acids is 1. The lowest BCUT2D eigenvalue weighted by atomic mass is 9.94. The fourth-order valence-electron chi connectivity index (χ4n) is 2.56. The minimum Gasteiger partial charge on any atom is -0.481 e. The van der Waals surface area contributed by atoms with E-state index in [1.54, 1.807) is 11.9 Å². The summed E-state index contributed by atoms with van der Waals surface area (Å²) in [5.74, 6) is -1.36. The molecular weight excluding hydrogens is 244 g/mol. The van der Waals surface area contributed by atoms with Crippen molar-refractivity contribution in [2.75, 3.05) is 13.6 Å². The molecule has 2 amide bonds. The van der Waals surface area contributed by atoms with Gasteiger partial charge in [-0.05, 0) is 18.8 Å². The number of carboxylic acid groups (broad SMARTS) is 1. The fourth-order valence-corrected chi connectivity index (χ4v) is 2.56. The van der Waals surface area contributed by atoms with Crippen LogP contribution >= 0.6 is 0 Å². The van der Waals surface area contributed by atoms with Crippen LogP contribution in [0.2, 0.25) is 0 Å². The third-order valence-corrected chi connectivity index (χ3v) is 4.04. The number of urea groups is 1. The van der Waals surface area contributed by atoms with Gasteiger partial charge in [0.15, 0.2) is 0 Å². The van der Waals surface area contributed by atoms with Crippen LogP contribution in [0.15, 0.2) is 0 Å². The maximum atomic E-state index is 12.0. The van der Waals surface area contributed by atoms with Crippen LogP contribution in [0.1, 0.15) is 46.0 Å². The first kappa shape index (κ1) is 15.8. The number of carboxylic acids is 1. The Morgan fingerprint density at radius 3 is 2.32 bits per heavy atom. The van der Waals surface area contributed by atoms with Crippen molar-refractivity contribution in [1.29, 1.82) is 0 Å². The minimum absolute atomic E-state index is 0.0118. The molecule has 0 aromatic heterocycles. The number of nitrogens with one attached hydrogen (secondary N) is 1. The van der Waals surface area contributed by atoms with Crippen LogP contribution in [0.25, 0.3) is 0 Å². The molecule has 1 saturated carbocycles. The molecule has 110 valence electrons. The summed E-state index contributed by atoms with van der Waals surface area (Å²) in [5.41, 5.74) is 0. The van der Waals surface area contributed by atoms with Crippen molar-refractivity contribution < 1.29 is 14.7 Å². The molecule has 1 atom stereocenters. The van der Waals surface area contributed by atoms with Crippen molar-refractivity contribution >= 4 is 12.0 Å². The molecule has 0 bridgehead atoms. The molecular formula is C14H26N2O3. The maximum absolute atomic E-state index is 12.0. The summed E-state index contributed by atoms with van der Waals surface area (Å²) in [6.45, 7) is 3.91. The molecule has 1 rings (SSSR count). The van der Waals surface area contributed by atoms with Crippen LogP contribution in [0, 0.1) is 11.8 Å². The Kier molecular flexibility index (Phi) is 6.12. The van der Waals surface area contributed by atoms with Crippen LogP contribution in [-0.4, -0.2) is 41.6 Å². The van der Waals surface area contributed by atoms with Gasteiger partial charge >= 0.3 is 12.0 Å². The first-order valence-corrected chi connectivity index (χ1v) is 7.17. The predicted molar refractivity (Wildman–Crippen MR) is 74.0 cm³/mol. The van der Waals surface area contributed by atoms with Crippen LogP contribution in [0.4, 0.5) is 4.79 Å². The summed E-state index contributed by atoms with van der Waals surface area (Å²) in [5, 5.41) is 11.8. The zero-order valence-electron chi connectivity index (χ0n) is 12.2. The van der Waals surface area contributed by atoms with Crippen molar-refractivity contribution in [3.63, 3.8) is 0 Å². The Bertz CT molecular complexity index is 312. The molecule has 19 heavy (non-hydrogen) atoms. The summed E-state index contributed by atoms with van der Waals surface area (Å²) in [4.78, 5) is 24.8. The van der Waals surface area contributed by atoms with E-state index in [-0.39, 0.29) is 18.5 Å². The highest BCUT2D eigenvalue weighted by atomic mass is 16.4. The topological polar surface area (TPSA) is 69.6 Å². The van der Waals surface area contributed by atoms with Gasteiger partial charge in [-0.15, -0.1) is 0 Å². The average Bonchev–Trinajstić information content (AvgIpc) is 2.38. The quantitative estimate of drug-likeness (QED) is 0.805. The minimum atomic E-state index is -0.851. The second-order valence-corrected chi connectivity index (χ2v) is 5.78. The van der Waals surface area contributed by atoms with E-state index < -0.39 is 11.9 Å². The second kappa shape index (κ2) is 7.36. The van der Waals surface area contributed by atoms with Crippen LogP contribution in [-0.2, 0) is 4.79 Å². The molecule has 0 saturated heterocycles. The third kappa shape index (κ3) is 4.73. The molecule has 0 heterocycles. The smallest absolute Gasteiger partial charge is 0.317 e. The molecule has 0 radical (unpaired) electrons. The molecule has 0 aromatic carbocycles. The highest BCUT2D eigenvalue weighted by Crippen LogP contribution is 2.21. The van der Waals surface area contributed by atoms with Gasteiger partial charge in [-0.3, -0.25) is 4.79 Å². The molecule has 1 fully saturated rings. The van der Waals surface area contributed by atoms with E-state index >= 15 is 0 Å². The average molecular weight is 270 g/mol. The molecule has 0 spiro atoms. The number of carbonyl (C=O) groups is 2. The van der Waals surface area contributed by atoms with E-state index in [9.17, 15) is 9.59 Å². The second-order valence-electron chi connectivity index (χ2n) is 5.78. The van der Waals surface area contributed by atoms with E-state index in [1.165, 1.54) is 19.3 Å². The lowest BCUT2D eigenvalue weighted by Gasteiger charge is -2.31. The summed E-state index contributed by atoms with van der Waals surface area (Å²) < 4.78 is 0. The summed E-state index contributed by atoms with van der Waals surface area (Å²) in [7, 11) is 1.80. The highest BCUT2D eigenvalue weighted by molar-refractivity contribution is 5.76. The van der Waals surface area contributed by atoms with E-state index in [1.807, 2.05) is 13.8 Å². The molecule has 5 heteroatoms. The SMILES string of the molecule is CC(C)C(CNC(=O)N(C)C1CCCCC1)C(=O)O. The zero-order valence-corrected chi connectivity index (χ0v) is 12.2. The molecule has 5 nitrogen and oxygen atoms in total. The molecule has 1 aliphatic carbocycles. The van der Waals surface area contributed by atoms with E-state index in [0.717, 1.165) is 12.8 Å². The number of amides is 2. The maximum Gasteiger partial charge on any atom is 0.317 e. The van der Waals surface area contributed by atoms with Gasteiger partial charge in [-0.25, -0.2) is 4.79 Å². The van der Waals surface area contributed by atoms with Crippen LogP contribution in [0.3, 0.4) is 0 Å². The van der Waals surface area contributed by atoms with Gasteiger partial charge in [0.05, 0.1) is 5.92 Å². The van der Waals surface area contributed by atoms with Gasteiger partial charge in [-0.2, -0.15) is 0 Å². The lowest BCUT2D eigenvalue weighted by molar-refractivity contribution is -0.142. The van der Waals surface area contributed by atoms with Gasteiger partial charge in [0.25, 0.3) is 0 Å². The Hall–Kier alpha value is -1.26. The van der Waals surface area contributed by atoms with Crippen molar-refractivity contribution in [1.82, 2.24) is 10.2 Å². The van der Waals surface area contributed by atoms with E-state index in [2.05, 4.69) is 5.32 Å². The molecule has 0 aromatic rings. The Morgan fingerprint density at radius 2 is 1.84 bits per heavy atom. The van der Waals surface area contributed by atoms with E-state index in [4.69, 9.17) is 5.11 Å².